The van der Waals surface area contributed by atoms with Gasteiger partial charge in [-0.3, -0.25) is 4.40 Å². The van der Waals surface area contributed by atoms with Gasteiger partial charge in [-0.2, -0.15) is 0 Å². The molecule has 3 aromatic heterocycles. The van der Waals surface area contributed by atoms with E-state index >= 15 is 0 Å². The van der Waals surface area contributed by atoms with E-state index in [-0.39, 0.29) is 6.04 Å². The van der Waals surface area contributed by atoms with Crippen LogP contribution < -0.4 is 11.1 Å². The van der Waals surface area contributed by atoms with Crippen LogP contribution in [-0.2, 0) is 17.9 Å². The van der Waals surface area contributed by atoms with Crippen LogP contribution in [0.25, 0.3) is 5.78 Å². The lowest BCUT2D eigenvalue weighted by Gasteiger charge is -2.32. The molecule has 0 amide bonds. The molecule has 0 unspecified atom stereocenters. The van der Waals surface area contributed by atoms with Crippen molar-refractivity contribution in [2.45, 2.75) is 38.0 Å². The van der Waals surface area contributed by atoms with Crippen LogP contribution in [0.2, 0.25) is 0 Å². The van der Waals surface area contributed by atoms with Gasteiger partial charge in [0.05, 0.1) is 12.2 Å². The van der Waals surface area contributed by atoms with E-state index in [1.807, 2.05) is 28.9 Å². The molecule has 8 heteroatoms. The fourth-order valence-corrected chi connectivity index (χ4v) is 3.06. The predicted octanol–water partition coefficient (Wildman–Crippen LogP) is 1.48. The molecule has 0 saturated heterocycles. The highest BCUT2D eigenvalue weighted by molar-refractivity contribution is 5.39. The summed E-state index contributed by atoms with van der Waals surface area (Å²) in [6, 6.07) is 4.17. The quantitative estimate of drug-likeness (QED) is 0.701. The lowest BCUT2D eigenvalue weighted by Crippen LogP contribution is -2.35. The number of nitrogens with zero attached hydrogens (tertiary/aromatic N) is 5. The molecule has 130 valence electrons. The summed E-state index contributed by atoms with van der Waals surface area (Å²) in [7, 11) is 1.64. The highest BCUT2D eigenvalue weighted by Gasteiger charge is 2.29. The number of imidazole rings is 1. The highest BCUT2D eigenvalue weighted by atomic mass is 16.5. The SMILES string of the molecule is COCc1nc(NCc2cn3cccnc3n2)cc(C2CC(N)C2)n1. The molecule has 0 aliphatic heterocycles. The number of anilines is 1. The maximum Gasteiger partial charge on any atom is 0.233 e. The van der Waals surface area contributed by atoms with Crippen molar-refractivity contribution >= 4 is 11.6 Å². The Kier molecular flexibility index (Phi) is 4.29. The van der Waals surface area contributed by atoms with E-state index in [9.17, 15) is 0 Å². The minimum atomic E-state index is 0.285. The highest BCUT2D eigenvalue weighted by Crippen LogP contribution is 2.35. The minimum absolute atomic E-state index is 0.285. The first kappa shape index (κ1) is 15.9. The fraction of sp³-hybridized carbons (Fsp3) is 0.412. The van der Waals surface area contributed by atoms with Gasteiger partial charge in [-0.25, -0.2) is 19.9 Å². The molecule has 1 aliphatic carbocycles. The Morgan fingerprint density at radius 1 is 1.32 bits per heavy atom. The monoisotopic (exact) mass is 339 g/mol. The van der Waals surface area contributed by atoms with Crippen LogP contribution in [0.3, 0.4) is 0 Å². The van der Waals surface area contributed by atoms with Crippen molar-refractivity contribution in [2.75, 3.05) is 12.4 Å². The molecule has 25 heavy (non-hydrogen) atoms. The second-order valence-corrected chi connectivity index (χ2v) is 6.37. The maximum absolute atomic E-state index is 5.91. The number of ether oxygens (including phenoxy) is 1. The van der Waals surface area contributed by atoms with Crippen LogP contribution in [0.4, 0.5) is 5.82 Å². The van der Waals surface area contributed by atoms with E-state index in [0.29, 0.717) is 30.7 Å². The first-order valence-electron chi connectivity index (χ1n) is 8.36. The number of nitrogens with one attached hydrogen (secondary N) is 1. The second-order valence-electron chi connectivity index (χ2n) is 6.37. The van der Waals surface area contributed by atoms with Gasteiger partial charge < -0.3 is 15.8 Å². The van der Waals surface area contributed by atoms with Crippen molar-refractivity contribution in [2.24, 2.45) is 5.73 Å². The van der Waals surface area contributed by atoms with Gasteiger partial charge in [0.1, 0.15) is 12.4 Å². The molecule has 1 fully saturated rings. The van der Waals surface area contributed by atoms with Crippen molar-refractivity contribution in [3.8, 4) is 0 Å². The normalized spacial score (nSPS) is 19.8. The van der Waals surface area contributed by atoms with Gasteiger partial charge in [0.2, 0.25) is 5.78 Å². The van der Waals surface area contributed by atoms with E-state index in [1.54, 1.807) is 13.3 Å². The van der Waals surface area contributed by atoms with Crippen LogP contribution in [0, 0.1) is 0 Å². The lowest BCUT2D eigenvalue weighted by molar-refractivity contribution is 0.177. The number of fused-ring (bicyclic) bond motifs is 1. The van der Waals surface area contributed by atoms with Gasteiger partial charge in [0.15, 0.2) is 5.82 Å². The van der Waals surface area contributed by atoms with Crippen LogP contribution in [0.5, 0.6) is 0 Å². The largest absolute Gasteiger partial charge is 0.377 e. The zero-order valence-corrected chi connectivity index (χ0v) is 14.1. The van der Waals surface area contributed by atoms with E-state index in [0.717, 1.165) is 30.0 Å². The second kappa shape index (κ2) is 6.73. The third-order valence-electron chi connectivity index (χ3n) is 4.39. The summed E-state index contributed by atoms with van der Waals surface area (Å²) in [6.45, 7) is 0.954. The zero-order chi connectivity index (χ0) is 17.2. The van der Waals surface area contributed by atoms with Gasteiger partial charge in [0, 0.05) is 49.4 Å². The van der Waals surface area contributed by atoms with Crippen LogP contribution >= 0.6 is 0 Å². The summed E-state index contributed by atoms with van der Waals surface area (Å²) >= 11 is 0. The maximum atomic E-state index is 5.91. The number of methoxy groups -OCH3 is 1. The Morgan fingerprint density at radius 2 is 2.20 bits per heavy atom. The zero-order valence-electron chi connectivity index (χ0n) is 14.1. The minimum Gasteiger partial charge on any atom is -0.377 e. The van der Waals surface area contributed by atoms with E-state index in [1.165, 1.54) is 0 Å². The molecule has 0 bridgehead atoms. The standard InChI is InChI=1S/C17H21N7O/c1-25-10-16-22-14(11-5-12(18)6-11)7-15(23-16)20-8-13-9-24-4-2-3-19-17(24)21-13/h2-4,7,9,11-12H,5-6,8,10,18H2,1H3,(H,20,22,23). The van der Waals surface area contributed by atoms with Gasteiger partial charge in [-0.05, 0) is 18.9 Å². The van der Waals surface area contributed by atoms with Gasteiger partial charge in [-0.15, -0.1) is 0 Å². The average Bonchev–Trinajstić information content (AvgIpc) is 3.00. The summed E-state index contributed by atoms with van der Waals surface area (Å²) in [5, 5.41) is 3.33. The van der Waals surface area contributed by atoms with Crippen molar-refractivity contribution in [3.05, 3.63) is 47.9 Å². The third kappa shape index (κ3) is 3.45. The lowest BCUT2D eigenvalue weighted by atomic mass is 9.78. The molecule has 0 aromatic carbocycles. The fourth-order valence-electron chi connectivity index (χ4n) is 3.06. The third-order valence-corrected chi connectivity index (χ3v) is 4.39. The average molecular weight is 339 g/mol. The molecule has 3 aromatic rings. The van der Waals surface area contributed by atoms with E-state index in [4.69, 9.17) is 10.5 Å². The molecule has 1 aliphatic rings. The van der Waals surface area contributed by atoms with E-state index in [2.05, 4.69) is 25.3 Å². The molecule has 1 saturated carbocycles. The topological polar surface area (TPSA) is 103 Å². The molecule has 4 rings (SSSR count). The molecule has 8 nitrogen and oxygen atoms in total. The molecule has 3 N–H and O–H groups in total. The summed E-state index contributed by atoms with van der Waals surface area (Å²) in [5.41, 5.74) is 7.84. The summed E-state index contributed by atoms with van der Waals surface area (Å²) in [6.07, 6.45) is 7.56. The number of rotatable bonds is 6. The Morgan fingerprint density at radius 3 is 2.96 bits per heavy atom. The van der Waals surface area contributed by atoms with Gasteiger partial charge in [-0.1, -0.05) is 0 Å². The van der Waals surface area contributed by atoms with Crippen molar-refractivity contribution < 1.29 is 4.74 Å². The smallest absolute Gasteiger partial charge is 0.233 e. The van der Waals surface area contributed by atoms with Crippen molar-refractivity contribution in [1.82, 2.24) is 24.3 Å². The van der Waals surface area contributed by atoms with E-state index < -0.39 is 0 Å². The predicted molar refractivity (Wildman–Crippen MR) is 93.0 cm³/mol. The van der Waals surface area contributed by atoms with Crippen molar-refractivity contribution in [1.29, 1.82) is 0 Å². The van der Waals surface area contributed by atoms with Crippen LogP contribution in [0.15, 0.2) is 30.7 Å². The number of hydrogen-bond donors (Lipinski definition) is 2. The Bertz CT molecular complexity index is 839. The Balaban J connectivity index is 1.52. The summed E-state index contributed by atoms with van der Waals surface area (Å²) in [4.78, 5) is 17.8. The van der Waals surface area contributed by atoms with Crippen LogP contribution in [-0.4, -0.2) is 37.5 Å². The summed E-state index contributed by atoms with van der Waals surface area (Å²) < 4.78 is 7.09. The molecule has 0 atom stereocenters. The van der Waals surface area contributed by atoms with Gasteiger partial charge >= 0.3 is 0 Å². The summed E-state index contributed by atoms with van der Waals surface area (Å²) in [5.74, 6) is 2.56. The molecule has 0 spiro atoms. The molecule has 3 heterocycles. The Hall–Kier alpha value is -2.58. The first-order valence-corrected chi connectivity index (χ1v) is 8.36. The molecular weight excluding hydrogens is 318 g/mol. The van der Waals surface area contributed by atoms with Gasteiger partial charge in [0.25, 0.3) is 0 Å². The number of aromatic nitrogens is 5. The molecule has 0 radical (unpaired) electrons. The first-order chi connectivity index (χ1) is 12.2. The molecular formula is C17H21N7O. The van der Waals surface area contributed by atoms with Crippen LogP contribution in [0.1, 0.15) is 36.0 Å². The van der Waals surface area contributed by atoms with Crippen molar-refractivity contribution in [3.63, 3.8) is 0 Å². The number of nitrogens with two attached hydrogens (primary N) is 1. The Labute approximate surface area is 145 Å². The number of hydrogen-bond acceptors (Lipinski definition) is 7.